The predicted molar refractivity (Wildman–Crippen MR) is 70.1 cm³/mol. The molecule has 1 unspecified atom stereocenters. The highest BCUT2D eigenvalue weighted by Crippen LogP contribution is 2.18. The lowest BCUT2D eigenvalue weighted by Gasteiger charge is -2.18. The summed E-state index contributed by atoms with van der Waals surface area (Å²) in [7, 11) is 0. The summed E-state index contributed by atoms with van der Waals surface area (Å²) >= 11 is 0. The lowest BCUT2D eigenvalue weighted by molar-refractivity contribution is -0.121. The zero-order valence-corrected chi connectivity index (χ0v) is 10.4. The number of amides is 1. The molecule has 0 radical (unpaired) electrons. The number of carbonyl (C=O) groups is 1. The fraction of sp³-hybridized carbons (Fsp3) is 0.500. The van der Waals surface area contributed by atoms with Crippen LogP contribution < -0.4 is 10.6 Å². The summed E-state index contributed by atoms with van der Waals surface area (Å²) in [6, 6.07) is 10.2. The zero-order valence-electron chi connectivity index (χ0n) is 10.4. The summed E-state index contributed by atoms with van der Waals surface area (Å²) < 4.78 is 0. The molecular formula is C14H20N2O2. The van der Waals surface area contributed by atoms with E-state index in [1.54, 1.807) is 0 Å². The van der Waals surface area contributed by atoms with Crippen LogP contribution >= 0.6 is 0 Å². The second-order valence-electron chi connectivity index (χ2n) is 4.70. The molecule has 4 nitrogen and oxygen atoms in total. The van der Waals surface area contributed by atoms with Crippen LogP contribution in [0, 0.1) is 0 Å². The number of hydrogen-bond acceptors (Lipinski definition) is 3. The number of carbonyl (C=O) groups excluding carboxylic acids is 1. The Kier molecular flexibility index (Phi) is 4.73. The van der Waals surface area contributed by atoms with E-state index in [1.807, 2.05) is 30.3 Å². The number of benzene rings is 1. The summed E-state index contributed by atoms with van der Waals surface area (Å²) in [5.74, 6) is -0.01000. The number of rotatable bonds is 7. The summed E-state index contributed by atoms with van der Waals surface area (Å²) in [6.45, 7) is 0.426. The van der Waals surface area contributed by atoms with Crippen LogP contribution in [0.25, 0.3) is 0 Å². The van der Waals surface area contributed by atoms with Gasteiger partial charge in [0.2, 0.25) is 5.91 Å². The molecule has 1 saturated carbocycles. The van der Waals surface area contributed by atoms with Crippen molar-refractivity contribution in [3.63, 3.8) is 0 Å². The molecule has 1 fully saturated rings. The molecule has 0 heterocycles. The molecule has 0 aliphatic heterocycles. The van der Waals surface area contributed by atoms with E-state index >= 15 is 0 Å². The Labute approximate surface area is 107 Å². The summed E-state index contributed by atoms with van der Waals surface area (Å²) in [5, 5.41) is 15.2. The van der Waals surface area contributed by atoms with Crippen LogP contribution in [0.2, 0.25) is 0 Å². The molecule has 18 heavy (non-hydrogen) atoms. The maximum absolute atomic E-state index is 11.8. The monoisotopic (exact) mass is 248 g/mol. The van der Waals surface area contributed by atoms with Gasteiger partial charge in [0.05, 0.1) is 12.6 Å². The highest BCUT2D eigenvalue weighted by atomic mass is 16.3. The van der Waals surface area contributed by atoms with E-state index in [4.69, 9.17) is 5.11 Å². The molecule has 0 spiro atoms. The van der Waals surface area contributed by atoms with Crippen LogP contribution in [0.3, 0.4) is 0 Å². The first-order chi connectivity index (χ1) is 8.79. The Bertz CT molecular complexity index is 377. The average Bonchev–Trinajstić information content (AvgIpc) is 3.21. The third-order valence-corrected chi connectivity index (χ3v) is 3.08. The van der Waals surface area contributed by atoms with Gasteiger partial charge in [0.15, 0.2) is 0 Å². The smallest absolute Gasteiger partial charge is 0.234 e. The van der Waals surface area contributed by atoms with Crippen molar-refractivity contribution < 1.29 is 9.90 Å². The van der Waals surface area contributed by atoms with E-state index in [-0.39, 0.29) is 18.6 Å². The predicted octanol–water partition coefficient (Wildman–Crippen LogP) is 0.978. The molecule has 0 aromatic heterocycles. The van der Waals surface area contributed by atoms with Crippen LogP contribution in [0.4, 0.5) is 0 Å². The fourth-order valence-electron chi connectivity index (χ4n) is 1.91. The Morgan fingerprint density at radius 2 is 2.06 bits per heavy atom. The van der Waals surface area contributed by atoms with Gasteiger partial charge in [-0.3, -0.25) is 4.79 Å². The van der Waals surface area contributed by atoms with E-state index in [0.717, 1.165) is 5.56 Å². The van der Waals surface area contributed by atoms with Crippen molar-refractivity contribution in [2.24, 2.45) is 0 Å². The quantitative estimate of drug-likeness (QED) is 0.674. The highest BCUT2D eigenvalue weighted by molar-refractivity contribution is 5.78. The molecule has 1 amide bonds. The van der Waals surface area contributed by atoms with Gasteiger partial charge < -0.3 is 15.7 Å². The van der Waals surface area contributed by atoms with E-state index in [1.165, 1.54) is 12.8 Å². The maximum atomic E-state index is 11.8. The van der Waals surface area contributed by atoms with Crippen molar-refractivity contribution in [3.05, 3.63) is 35.9 Å². The van der Waals surface area contributed by atoms with Crippen molar-refractivity contribution in [1.29, 1.82) is 0 Å². The van der Waals surface area contributed by atoms with Crippen LogP contribution in [0.1, 0.15) is 30.9 Å². The van der Waals surface area contributed by atoms with Gasteiger partial charge in [-0.2, -0.15) is 0 Å². The van der Waals surface area contributed by atoms with Gasteiger partial charge in [-0.25, -0.2) is 0 Å². The second kappa shape index (κ2) is 6.52. The molecule has 4 heteroatoms. The lowest BCUT2D eigenvalue weighted by atomic mass is 10.0. The minimum atomic E-state index is -0.107. The molecule has 1 aliphatic rings. The van der Waals surface area contributed by atoms with E-state index in [0.29, 0.717) is 19.0 Å². The molecule has 98 valence electrons. The minimum Gasteiger partial charge on any atom is -0.396 e. The standard InChI is InChI=1S/C14H20N2O2/c17-9-8-13(11-4-2-1-3-5-11)16-14(18)10-15-12-6-7-12/h1-5,12-13,15,17H,6-10H2,(H,16,18). The van der Waals surface area contributed by atoms with Crippen LogP contribution in [0.15, 0.2) is 30.3 Å². The Balaban J connectivity index is 1.86. The SMILES string of the molecule is O=C(CNC1CC1)NC(CCO)c1ccccc1. The fourth-order valence-corrected chi connectivity index (χ4v) is 1.91. The molecule has 0 bridgehead atoms. The molecule has 3 N–H and O–H groups in total. The molecule has 1 aromatic rings. The number of nitrogens with one attached hydrogen (secondary N) is 2. The molecule has 0 saturated heterocycles. The van der Waals surface area contributed by atoms with Crippen molar-refractivity contribution in [3.8, 4) is 0 Å². The normalized spacial score (nSPS) is 16.3. The largest absolute Gasteiger partial charge is 0.396 e. The van der Waals surface area contributed by atoms with Crippen molar-refractivity contribution in [2.75, 3.05) is 13.2 Å². The number of aliphatic hydroxyl groups is 1. The van der Waals surface area contributed by atoms with Crippen LogP contribution in [0.5, 0.6) is 0 Å². The average molecular weight is 248 g/mol. The zero-order chi connectivity index (χ0) is 12.8. The maximum Gasteiger partial charge on any atom is 0.234 e. The first-order valence-corrected chi connectivity index (χ1v) is 6.48. The van der Waals surface area contributed by atoms with Gasteiger partial charge in [0.25, 0.3) is 0 Å². The van der Waals surface area contributed by atoms with E-state index in [2.05, 4.69) is 10.6 Å². The highest BCUT2D eigenvalue weighted by Gasteiger charge is 2.22. The first-order valence-electron chi connectivity index (χ1n) is 6.48. The Morgan fingerprint density at radius 3 is 2.67 bits per heavy atom. The van der Waals surface area contributed by atoms with Gasteiger partial charge in [0.1, 0.15) is 0 Å². The van der Waals surface area contributed by atoms with Gasteiger partial charge in [-0.1, -0.05) is 30.3 Å². The topological polar surface area (TPSA) is 61.4 Å². The van der Waals surface area contributed by atoms with E-state index in [9.17, 15) is 4.79 Å². The Hall–Kier alpha value is -1.39. The minimum absolute atomic E-state index is 0.01000. The third-order valence-electron chi connectivity index (χ3n) is 3.08. The first kappa shape index (κ1) is 13.1. The summed E-state index contributed by atoms with van der Waals surface area (Å²) in [6.07, 6.45) is 2.89. The summed E-state index contributed by atoms with van der Waals surface area (Å²) in [4.78, 5) is 11.8. The van der Waals surface area contributed by atoms with Gasteiger partial charge >= 0.3 is 0 Å². The molecule has 1 aromatic carbocycles. The van der Waals surface area contributed by atoms with Crippen molar-refractivity contribution in [1.82, 2.24) is 10.6 Å². The summed E-state index contributed by atoms with van der Waals surface area (Å²) in [5.41, 5.74) is 1.03. The molecule has 2 rings (SSSR count). The number of aliphatic hydroxyl groups excluding tert-OH is 1. The van der Waals surface area contributed by atoms with Crippen molar-refractivity contribution >= 4 is 5.91 Å². The van der Waals surface area contributed by atoms with Crippen LogP contribution in [-0.4, -0.2) is 30.2 Å². The number of hydrogen-bond donors (Lipinski definition) is 3. The molecular weight excluding hydrogens is 228 g/mol. The lowest BCUT2D eigenvalue weighted by Crippen LogP contribution is -2.37. The van der Waals surface area contributed by atoms with Crippen LogP contribution in [-0.2, 0) is 4.79 Å². The molecule has 1 aliphatic carbocycles. The Morgan fingerprint density at radius 1 is 1.33 bits per heavy atom. The van der Waals surface area contributed by atoms with Gasteiger partial charge in [0, 0.05) is 12.6 Å². The van der Waals surface area contributed by atoms with Gasteiger partial charge in [-0.15, -0.1) is 0 Å². The second-order valence-corrected chi connectivity index (χ2v) is 4.70. The van der Waals surface area contributed by atoms with E-state index < -0.39 is 0 Å². The molecule has 1 atom stereocenters. The third kappa shape index (κ3) is 4.13. The van der Waals surface area contributed by atoms with Gasteiger partial charge in [-0.05, 0) is 24.8 Å². The van der Waals surface area contributed by atoms with Crippen molar-refractivity contribution in [2.45, 2.75) is 31.3 Å².